The number of hydrogen-bond donors (Lipinski definition) is 1. The second-order valence-electron chi connectivity index (χ2n) is 5.21. The van der Waals surface area contributed by atoms with Crippen LogP contribution in [-0.2, 0) is 5.41 Å². The highest BCUT2D eigenvalue weighted by molar-refractivity contribution is 7.15. The van der Waals surface area contributed by atoms with E-state index in [0.29, 0.717) is 5.95 Å². The molecule has 0 aromatic carbocycles. The molecule has 2 aromatic rings. The van der Waals surface area contributed by atoms with Crippen molar-refractivity contribution >= 4 is 17.3 Å². The smallest absolute Gasteiger partial charge is 0.223 e. The Hall–Kier alpha value is -1.42. The summed E-state index contributed by atoms with van der Waals surface area (Å²) >= 11 is 1.80. The monoisotopic (exact) mass is 261 g/mol. The third-order valence-electron chi connectivity index (χ3n) is 2.59. The van der Waals surface area contributed by atoms with Crippen molar-refractivity contribution in [3.63, 3.8) is 0 Å². The first-order valence-electron chi connectivity index (χ1n) is 6.18. The van der Waals surface area contributed by atoms with Gasteiger partial charge in [0.1, 0.15) is 0 Å². The molecule has 0 aliphatic rings. The van der Waals surface area contributed by atoms with E-state index >= 15 is 0 Å². The maximum Gasteiger partial charge on any atom is 0.223 e. The molecule has 0 radical (unpaired) electrons. The molecule has 0 aliphatic heterocycles. The van der Waals surface area contributed by atoms with Crippen molar-refractivity contribution in [1.29, 1.82) is 0 Å². The molecule has 96 valence electrons. The fourth-order valence-electron chi connectivity index (χ4n) is 1.62. The number of thiophene rings is 1. The Kier molecular flexibility index (Phi) is 3.66. The Morgan fingerprint density at radius 1 is 1.22 bits per heavy atom. The fraction of sp³-hybridized carbons (Fsp3) is 0.429. The molecule has 3 nitrogen and oxygen atoms in total. The molecule has 0 aliphatic carbocycles. The van der Waals surface area contributed by atoms with Crippen LogP contribution in [0, 0.1) is 0 Å². The summed E-state index contributed by atoms with van der Waals surface area (Å²) < 4.78 is 0. The highest BCUT2D eigenvalue weighted by atomic mass is 32.1. The number of hydrogen-bond acceptors (Lipinski definition) is 4. The molecule has 18 heavy (non-hydrogen) atoms. The molecule has 0 spiro atoms. The lowest BCUT2D eigenvalue weighted by atomic mass is 9.95. The Bertz CT molecular complexity index is 526. The van der Waals surface area contributed by atoms with Crippen molar-refractivity contribution in [2.45, 2.75) is 33.1 Å². The van der Waals surface area contributed by atoms with Gasteiger partial charge < -0.3 is 5.32 Å². The normalized spacial score (nSPS) is 11.6. The van der Waals surface area contributed by atoms with Crippen LogP contribution in [0.25, 0.3) is 10.6 Å². The second kappa shape index (κ2) is 5.06. The van der Waals surface area contributed by atoms with Gasteiger partial charge in [0, 0.05) is 17.6 Å². The largest absolute Gasteiger partial charge is 0.354 e. The fourth-order valence-corrected chi connectivity index (χ4v) is 2.65. The standard InChI is InChI=1S/C14H19N3S/c1-5-15-13-16-9-8-10(17-13)11-6-7-12(18-11)14(2,3)4/h6-9H,5H2,1-4H3,(H,15,16,17). The predicted molar refractivity (Wildman–Crippen MR) is 78.2 cm³/mol. The first-order chi connectivity index (χ1) is 8.50. The summed E-state index contributed by atoms with van der Waals surface area (Å²) in [6.45, 7) is 9.56. The van der Waals surface area contributed by atoms with E-state index in [-0.39, 0.29) is 5.41 Å². The third kappa shape index (κ3) is 2.88. The van der Waals surface area contributed by atoms with E-state index in [1.807, 2.05) is 13.0 Å². The highest BCUT2D eigenvalue weighted by Gasteiger charge is 2.17. The van der Waals surface area contributed by atoms with Gasteiger partial charge in [0.25, 0.3) is 0 Å². The number of anilines is 1. The van der Waals surface area contributed by atoms with Crippen molar-refractivity contribution in [2.75, 3.05) is 11.9 Å². The van der Waals surface area contributed by atoms with Crippen molar-refractivity contribution in [2.24, 2.45) is 0 Å². The quantitative estimate of drug-likeness (QED) is 0.909. The van der Waals surface area contributed by atoms with Gasteiger partial charge in [0.15, 0.2) is 0 Å². The van der Waals surface area contributed by atoms with Gasteiger partial charge in [0.2, 0.25) is 5.95 Å². The number of aromatic nitrogens is 2. The van der Waals surface area contributed by atoms with Gasteiger partial charge in [-0.05, 0) is 30.5 Å². The summed E-state index contributed by atoms with van der Waals surface area (Å²) in [7, 11) is 0. The summed E-state index contributed by atoms with van der Waals surface area (Å²) in [5.74, 6) is 0.695. The molecule has 0 amide bonds. The first kappa shape index (κ1) is 13.0. The van der Waals surface area contributed by atoms with Gasteiger partial charge >= 0.3 is 0 Å². The predicted octanol–water partition coefficient (Wildman–Crippen LogP) is 3.93. The van der Waals surface area contributed by atoms with E-state index in [1.54, 1.807) is 17.5 Å². The minimum absolute atomic E-state index is 0.195. The summed E-state index contributed by atoms with van der Waals surface area (Å²) in [6, 6.07) is 6.29. The van der Waals surface area contributed by atoms with Gasteiger partial charge in [-0.25, -0.2) is 9.97 Å². The van der Waals surface area contributed by atoms with Crippen LogP contribution in [-0.4, -0.2) is 16.5 Å². The zero-order valence-corrected chi connectivity index (χ0v) is 12.1. The van der Waals surface area contributed by atoms with E-state index < -0.39 is 0 Å². The molecule has 0 saturated carbocycles. The van der Waals surface area contributed by atoms with Crippen LogP contribution >= 0.6 is 11.3 Å². The molecule has 4 heteroatoms. The average Bonchev–Trinajstić information content (AvgIpc) is 2.78. The Morgan fingerprint density at radius 2 is 2.00 bits per heavy atom. The van der Waals surface area contributed by atoms with E-state index in [0.717, 1.165) is 12.2 Å². The van der Waals surface area contributed by atoms with Gasteiger partial charge in [-0.2, -0.15) is 0 Å². The van der Waals surface area contributed by atoms with Crippen LogP contribution < -0.4 is 5.32 Å². The van der Waals surface area contributed by atoms with Crippen molar-refractivity contribution in [3.8, 4) is 10.6 Å². The summed E-state index contributed by atoms with van der Waals surface area (Å²) in [4.78, 5) is 11.3. The van der Waals surface area contributed by atoms with E-state index in [1.165, 1.54) is 9.75 Å². The van der Waals surface area contributed by atoms with Gasteiger partial charge in [-0.15, -0.1) is 11.3 Å². The molecule has 1 N–H and O–H groups in total. The van der Waals surface area contributed by atoms with Gasteiger partial charge in [-0.3, -0.25) is 0 Å². The average molecular weight is 261 g/mol. The van der Waals surface area contributed by atoms with Crippen LogP contribution in [0.1, 0.15) is 32.6 Å². The molecule has 2 heterocycles. The lowest BCUT2D eigenvalue weighted by molar-refractivity contribution is 0.604. The molecule has 0 saturated heterocycles. The molecule has 2 aromatic heterocycles. The maximum absolute atomic E-state index is 4.52. The Labute approximate surface area is 112 Å². The van der Waals surface area contributed by atoms with Gasteiger partial charge in [0.05, 0.1) is 10.6 Å². The zero-order chi connectivity index (χ0) is 13.2. The summed E-state index contributed by atoms with van der Waals surface area (Å²) in [6.07, 6.45) is 1.80. The summed E-state index contributed by atoms with van der Waals surface area (Å²) in [5.41, 5.74) is 1.18. The van der Waals surface area contributed by atoms with Crippen LogP contribution in [0.2, 0.25) is 0 Å². The first-order valence-corrected chi connectivity index (χ1v) is 7.00. The SMILES string of the molecule is CCNc1nccc(-c2ccc(C(C)(C)C)s2)n1. The van der Waals surface area contributed by atoms with Crippen molar-refractivity contribution in [1.82, 2.24) is 9.97 Å². The number of rotatable bonds is 3. The second-order valence-corrected chi connectivity index (χ2v) is 6.29. The molecule has 0 unspecified atom stereocenters. The lowest BCUT2D eigenvalue weighted by Crippen LogP contribution is -2.07. The lowest BCUT2D eigenvalue weighted by Gasteiger charge is -2.15. The maximum atomic E-state index is 4.52. The molecular weight excluding hydrogens is 242 g/mol. The van der Waals surface area contributed by atoms with E-state index in [2.05, 4.69) is 48.2 Å². The van der Waals surface area contributed by atoms with E-state index in [9.17, 15) is 0 Å². The summed E-state index contributed by atoms with van der Waals surface area (Å²) in [5, 5.41) is 3.14. The zero-order valence-electron chi connectivity index (χ0n) is 11.3. The molecule has 0 bridgehead atoms. The number of nitrogens with one attached hydrogen (secondary N) is 1. The van der Waals surface area contributed by atoms with Crippen molar-refractivity contribution in [3.05, 3.63) is 29.3 Å². The third-order valence-corrected chi connectivity index (χ3v) is 4.12. The molecular formula is C14H19N3S. The van der Waals surface area contributed by atoms with Crippen LogP contribution in [0.15, 0.2) is 24.4 Å². The van der Waals surface area contributed by atoms with Crippen LogP contribution in [0.5, 0.6) is 0 Å². The Balaban J connectivity index is 2.31. The minimum atomic E-state index is 0.195. The van der Waals surface area contributed by atoms with Crippen LogP contribution in [0.3, 0.4) is 0 Å². The molecule has 2 rings (SSSR count). The minimum Gasteiger partial charge on any atom is -0.354 e. The van der Waals surface area contributed by atoms with Gasteiger partial charge in [-0.1, -0.05) is 20.8 Å². The van der Waals surface area contributed by atoms with Crippen LogP contribution in [0.4, 0.5) is 5.95 Å². The number of nitrogens with zero attached hydrogens (tertiary/aromatic N) is 2. The molecule has 0 fully saturated rings. The van der Waals surface area contributed by atoms with Crippen molar-refractivity contribution < 1.29 is 0 Å². The Morgan fingerprint density at radius 3 is 2.61 bits per heavy atom. The topological polar surface area (TPSA) is 37.8 Å². The molecule has 0 atom stereocenters. The van der Waals surface area contributed by atoms with E-state index in [4.69, 9.17) is 0 Å². The highest BCUT2D eigenvalue weighted by Crippen LogP contribution is 2.34.